The summed E-state index contributed by atoms with van der Waals surface area (Å²) >= 11 is 0. The molecule has 1 fully saturated rings. The van der Waals surface area contributed by atoms with Crippen LogP contribution in [0.5, 0.6) is 0 Å². The number of hydrogen-bond acceptors (Lipinski definition) is 6. The number of amides is 1. The number of hydrogen-bond donors (Lipinski definition) is 2. The fourth-order valence-electron chi connectivity index (χ4n) is 4.44. The molecule has 0 saturated carbocycles. The summed E-state index contributed by atoms with van der Waals surface area (Å²) in [6.45, 7) is 4.54. The van der Waals surface area contributed by atoms with E-state index in [0.717, 1.165) is 54.9 Å². The first kappa shape index (κ1) is 22.9. The van der Waals surface area contributed by atoms with Gasteiger partial charge in [-0.05, 0) is 67.3 Å². The number of imidazole rings is 1. The summed E-state index contributed by atoms with van der Waals surface area (Å²) in [5.41, 5.74) is 10.4. The van der Waals surface area contributed by atoms with Gasteiger partial charge in [0.1, 0.15) is 23.7 Å². The predicted molar refractivity (Wildman–Crippen MR) is 136 cm³/mol. The number of aryl methyl sites for hydroxylation is 1. The molecule has 1 saturated heterocycles. The number of nitrogens with one attached hydrogen (secondary N) is 1. The molecule has 0 spiro atoms. The average molecular weight is 468 g/mol. The minimum Gasteiger partial charge on any atom is -0.327 e. The SMILES string of the molecule is Cc1cn(-c2cc(CN3CCC[C@H](N)C3)cc(NC(=O)c3cc(-c4ccccc4)ccn3)n2)cn1. The van der Waals surface area contributed by atoms with Crippen LogP contribution in [-0.2, 0) is 6.54 Å². The van der Waals surface area contributed by atoms with Crippen molar-refractivity contribution in [2.75, 3.05) is 18.4 Å². The molecule has 0 radical (unpaired) electrons. The van der Waals surface area contributed by atoms with E-state index in [-0.39, 0.29) is 11.9 Å². The lowest BCUT2D eigenvalue weighted by atomic mass is 10.1. The third kappa shape index (κ3) is 5.62. The van der Waals surface area contributed by atoms with Gasteiger partial charge < -0.3 is 11.1 Å². The number of carbonyl (C=O) groups excluding carboxylic acids is 1. The zero-order valence-corrected chi connectivity index (χ0v) is 19.8. The Balaban J connectivity index is 1.42. The van der Waals surface area contributed by atoms with Gasteiger partial charge in [0.2, 0.25) is 0 Å². The first-order valence-corrected chi connectivity index (χ1v) is 11.9. The van der Waals surface area contributed by atoms with E-state index in [1.165, 1.54) is 0 Å². The average Bonchev–Trinajstić information content (AvgIpc) is 3.31. The van der Waals surface area contributed by atoms with Crippen LogP contribution in [0.25, 0.3) is 16.9 Å². The third-order valence-corrected chi connectivity index (χ3v) is 6.14. The quantitative estimate of drug-likeness (QED) is 0.447. The molecule has 1 aromatic carbocycles. The highest BCUT2D eigenvalue weighted by Gasteiger charge is 2.18. The van der Waals surface area contributed by atoms with Crippen LogP contribution in [0.15, 0.2) is 73.3 Å². The maximum Gasteiger partial charge on any atom is 0.275 e. The van der Waals surface area contributed by atoms with E-state index >= 15 is 0 Å². The maximum absolute atomic E-state index is 13.1. The summed E-state index contributed by atoms with van der Waals surface area (Å²) in [6, 6.07) is 17.8. The largest absolute Gasteiger partial charge is 0.327 e. The Morgan fingerprint density at radius 3 is 2.74 bits per heavy atom. The summed E-state index contributed by atoms with van der Waals surface area (Å²) in [7, 11) is 0. The molecule has 1 amide bonds. The van der Waals surface area contributed by atoms with Crippen molar-refractivity contribution in [2.45, 2.75) is 32.4 Å². The van der Waals surface area contributed by atoms with Crippen molar-refractivity contribution in [3.05, 3.63) is 90.3 Å². The number of nitrogens with zero attached hydrogens (tertiary/aromatic N) is 5. The van der Waals surface area contributed by atoms with E-state index in [9.17, 15) is 4.79 Å². The second kappa shape index (κ2) is 10.2. The Morgan fingerprint density at radius 1 is 1.11 bits per heavy atom. The highest BCUT2D eigenvalue weighted by atomic mass is 16.1. The van der Waals surface area contributed by atoms with E-state index in [1.807, 2.05) is 66.2 Å². The number of carbonyl (C=O) groups is 1. The molecule has 8 nitrogen and oxygen atoms in total. The van der Waals surface area contributed by atoms with Crippen LogP contribution in [0, 0.1) is 6.92 Å². The Hall–Kier alpha value is -3.88. The molecule has 1 aliphatic heterocycles. The van der Waals surface area contributed by atoms with Gasteiger partial charge in [0.25, 0.3) is 5.91 Å². The van der Waals surface area contributed by atoms with Gasteiger partial charge in [-0.1, -0.05) is 30.3 Å². The first-order chi connectivity index (χ1) is 17.0. The summed E-state index contributed by atoms with van der Waals surface area (Å²) < 4.78 is 1.87. The molecule has 3 aromatic heterocycles. The van der Waals surface area contributed by atoms with E-state index in [2.05, 4.69) is 20.2 Å². The van der Waals surface area contributed by atoms with Crippen molar-refractivity contribution in [2.24, 2.45) is 5.73 Å². The van der Waals surface area contributed by atoms with Crippen LogP contribution in [0.2, 0.25) is 0 Å². The predicted octanol–water partition coefficient (Wildman–Crippen LogP) is 3.81. The number of benzene rings is 1. The van der Waals surface area contributed by atoms with E-state index < -0.39 is 0 Å². The summed E-state index contributed by atoms with van der Waals surface area (Å²) in [6.07, 6.45) is 7.45. The van der Waals surface area contributed by atoms with Crippen LogP contribution in [0.4, 0.5) is 5.82 Å². The molecule has 4 aromatic rings. The van der Waals surface area contributed by atoms with Crippen molar-refractivity contribution in [3.63, 3.8) is 0 Å². The van der Waals surface area contributed by atoms with Crippen molar-refractivity contribution in [1.82, 2.24) is 24.4 Å². The van der Waals surface area contributed by atoms with Gasteiger partial charge in [0, 0.05) is 31.5 Å². The summed E-state index contributed by atoms with van der Waals surface area (Å²) in [4.78, 5) is 28.8. The maximum atomic E-state index is 13.1. The van der Waals surface area contributed by atoms with Crippen molar-refractivity contribution < 1.29 is 4.79 Å². The lowest BCUT2D eigenvalue weighted by Crippen LogP contribution is -2.42. The Labute approximate surface area is 204 Å². The molecule has 5 rings (SSSR count). The normalized spacial score (nSPS) is 16.2. The van der Waals surface area contributed by atoms with Crippen LogP contribution in [0.1, 0.15) is 34.6 Å². The van der Waals surface area contributed by atoms with Crippen LogP contribution in [0.3, 0.4) is 0 Å². The second-order valence-corrected chi connectivity index (χ2v) is 9.03. The van der Waals surface area contributed by atoms with Crippen molar-refractivity contribution >= 4 is 11.7 Å². The molecular formula is C27H29N7O. The Kier molecular flexibility index (Phi) is 6.65. The van der Waals surface area contributed by atoms with E-state index in [4.69, 9.17) is 10.7 Å². The van der Waals surface area contributed by atoms with Gasteiger partial charge in [-0.25, -0.2) is 9.97 Å². The molecule has 1 atom stereocenters. The van der Waals surface area contributed by atoms with Gasteiger partial charge in [0.15, 0.2) is 0 Å². The number of rotatable bonds is 6. The smallest absolute Gasteiger partial charge is 0.275 e. The lowest BCUT2D eigenvalue weighted by Gasteiger charge is -2.30. The number of likely N-dealkylation sites (tertiary alicyclic amines) is 1. The van der Waals surface area contributed by atoms with Gasteiger partial charge in [-0.15, -0.1) is 0 Å². The lowest BCUT2D eigenvalue weighted by molar-refractivity contribution is 0.102. The summed E-state index contributed by atoms with van der Waals surface area (Å²) in [5, 5.41) is 2.95. The molecule has 0 unspecified atom stereocenters. The van der Waals surface area contributed by atoms with Crippen LogP contribution >= 0.6 is 0 Å². The minimum absolute atomic E-state index is 0.198. The fourth-order valence-corrected chi connectivity index (χ4v) is 4.44. The number of pyridine rings is 2. The van der Waals surface area contributed by atoms with E-state index in [0.29, 0.717) is 17.3 Å². The first-order valence-electron chi connectivity index (χ1n) is 11.9. The fraction of sp³-hybridized carbons (Fsp3) is 0.259. The van der Waals surface area contributed by atoms with Crippen LogP contribution in [-0.4, -0.2) is 49.5 Å². The second-order valence-electron chi connectivity index (χ2n) is 9.03. The minimum atomic E-state index is -0.305. The molecular weight excluding hydrogens is 438 g/mol. The van der Waals surface area contributed by atoms with Gasteiger partial charge in [0.05, 0.1) is 5.69 Å². The molecule has 178 valence electrons. The zero-order chi connectivity index (χ0) is 24.2. The molecule has 1 aliphatic rings. The molecule has 3 N–H and O–H groups in total. The molecule has 35 heavy (non-hydrogen) atoms. The Bertz CT molecular complexity index is 1320. The van der Waals surface area contributed by atoms with Gasteiger partial charge >= 0.3 is 0 Å². The molecule has 0 bridgehead atoms. The monoisotopic (exact) mass is 467 g/mol. The standard InChI is InChI=1S/C27H29N7O/c1-19-15-34(18-30-19)26-13-20(16-33-11-5-8-23(28)17-33)12-25(31-26)32-27(35)24-14-22(9-10-29-24)21-6-3-2-4-7-21/h2-4,6-7,9-10,12-15,18,23H,5,8,11,16-17,28H2,1H3,(H,31,32,35)/t23-/m0/s1. The summed E-state index contributed by atoms with van der Waals surface area (Å²) in [5.74, 6) is 0.868. The number of nitrogens with two attached hydrogens (primary N) is 1. The van der Waals surface area contributed by atoms with Gasteiger partial charge in [-0.3, -0.25) is 19.2 Å². The molecule has 0 aliphatic carbocycles. The Morgan fingerprint density at radius 2 is 1.97 bits per heavy atom. The van der Waals surface area contributed by atoms with Crippen molar-refractivity contribution in [3.8, 4) is 16.9 Å². The zero-order valence-electron chi connectivity index (χ0n) is 19.8. The number of piperidine rings is 1. The van der Waals surface area contributed by atoms with E-state index in [1.54, 1.807) is 18.6 Å². The molecule has 4 heterocycles. The topological polar surface area (TPSA) is 102 Å². The highest BCUT2D eigenvalue weighted by molar-refractivity contribution is 6.03. The van der Waals surface area contributed by atoms with Crippen LogP contribution < -0.4 is 11.1 Å². The molecule has 8 heteroatoms. The third-order valence-electron chi connectivity index (χ3n) is 6.14. The number of aromatic nitrogens is 4. The van der Waals surface area contributed by atoms with Gasteiger partial charge in [-0.2, -0.15) is 0 Å². The number of anilines is 1. The highest BCUT2D eigenvalue weighted by Crippen LogP contribution is 2.21. The van der Waals surface area contributed by atoms with Crippen molar-refractivity contribution in [1.29, 1.82) is 0 Å².